The number of nitrogens with zero attached hydrogens (tertiary/aromatic N) is 1. The van der Waals surface area contributed by atoms with Gasteiger partial charge in [-0.2, -0.15) is 0 Å². The highest BCUT2D eigenvalue weighted by molar-refractivity contribution is 7.99. The van der Waals surface area contributed by atoms with E-state index in [0.717, 1.165) is 4.90 Å². The van der Waals surface area contributed by atoms with Crippen LogP contribution < -0.4 is 0 Å². The molecule has 0 saturated carbocycles. The number of fused-ring (bicyclic) bond motifs is 1. The van der Waals surface area contributed by atoms with Crippen molar-refractivity contribution in [3.8, 4) is 0 Å². The van der Waals surface area contributed by atoms with Crippen LogP contribution in [0.25, 0.3) is 0 Å². The summed E-state index contributed by atoms with van der Waals surface area (Å²) in [6, 6.07) is 16.6. The molecule has 0 fully saturated rings. The van der Waals surface area contributed by atoms with E-state index in [9.17, 15) is 14.4 Å². The first-order valence-corrected chi connectivity index (χ1v) is 9.44. The van der Waals surface area contributed by atoms with E-state index in [0.29, 0.717) is 29.7 Å². The van der Waals surface area contributed by atoms with Crippen molar-refractivity contribution in [3.63, 3.8) is 0 Å². The van der Waals surface area contributed by atoms with E-state index in [-0.39, 0.29) is 30.9 Å². The van der Waals surface area contributed by atoms with Crippen molar-refractivity contribution in [2.45, 2.75) is 17.7 Å². The highest BCUT2D eigenvalue weighted by atomic mass is 32.2. The molecular weight excluding hydrogens is 350 g/mol. The van der Waals surface area contributed by atoms with Crippen LogP contribution in [0.1, 0.15) is 33.6 Å². The molecule has 0 bridgehead atoms. The van der Waals surface area contributed by atoms with Gasteiger partial charge in [-0.25, -0.2) is 0 Å². The molecule has 0 spiro atoms. The van der Waals surface area contributed by atoms with Gasteiger partial charge in [-0.05, 0) is 30.7 Å². The summed E-state index contributed by atoms with van der Waals surface area (Å²) < 4.78 is 5.19. The van der Waals surface area contributed by atoms with Crippen LogP contribution >= 0.6 is 11.8 Å². The Labute approximate surface area is 156 Å². The third kappa shape index (κ3) is 4.32. The first-order valence-electron chi connectivity index (χ1n) is 8.45. The lowest BCUT2D eigenvalue weighted by Gasteiger charge is -2.13. The number of thioether (sulfide) groups is 1. The summed E-state index contributed by atoms with van der Waals surface area (Å²) in [5.41, 5.74) is 0.875. The van der Waals surface area contributed by atoms with Crippen molar-refractivity contribution in [1.82, 2.24) is 4.90 Å². The topological polar surface area (TPSA) is 63.7 Å². The van der Waals surface area contributed by atoms with E-state index in [2.05, 4.69) is 0 Å². The van der Waals surface area contributed by atoms with Gasteiger partial charge in [-0.15, -0.1) is 11.8 Å². The Morgan fingerprint density at radius 1 is 0.923 bits per heavy atom. The van der Waals surface area contributed by atoms with Gasteiger partial charge >= 0.3 is 5.97 Å². The van der Waals surface area contributed by atoms with Crippen molar-refractivity contribution >= 4 is 29.5 Å². The molecule has 3 rings (SSSR count). The van der Waals surface area contributed by atoms with Crippen LogP contribution in [0.5, 0.6) is 0 Å². The standard InChI is InChI=1S/C20H19NO4S/c22-18(11-14-26-15-7-2-1-3-8-15)25-13-6-12-21-19(23)16-9-4-5-10-17(16)20(21)24/h1-5,7-10H,6,11-14H2. The Hall–Kier alpha value is -2.60. The second-order valence-electron chi connectivity index (χ2n) is 5.79. The predicted molar refractivity (Wildman–Crippen MR) is 99.2 cm³/mol. The van der Waals surface area contributed by atoms with Crippen LogP contribution in [0.2, 0.25) is 0 Å². The molecule has 6 heteroatoms. The normalized spacial score (nSPS) is 13.0. The van der Waals surface area contributed by atoms with Crippen LogP contribution in [0.15, 0.2) is 59.5 Å². The number of amides is 2. The van der Waals surface area contributed by atoms with Gasteiger partial charge in [0, 0.05) is 17.2 Å². The number of carbonyl (C=O) groups excluding carboxylic acids is 3. The quantitative estimate of drug-likeness (QED) is 0.309. The predicted octanol–water partition coefficient (Wildman–Crippen LogP) is 3.40. The number of carbonyl (C=O) groups is 3. The number of ether oxygens (including phenoxy) is 1. The highest BCUT2D eigenvalue weighted by Gasteiger charge is 2.34. The number of hydrogen-bond acceptors (Lipinski definition) is 5. The van der Waals surface area contributed by atoms with Crippen molar-refractivity contribution in [3.05, 3.63) is 65.7 Å². The minimum atomic E-state index is -0.281. The van der Waals surface area contributed by atoms with E-state index in [1.54, 1.807) is 36.0 Å². The molecular formula is C20H19NO4S. The van der Waals surface area contributed by atoms with Gasteiger partial charge in [0.2, 0.25) is 0 Å². The summed E-state index contributed by atoms with van der Waals surface area (Å²) in [5.74, 6) is -0.176. The Morgan fingerprint density at radius 2 is 1.54 bits per heavy atom. The van der Waals surface area contributed by atoms with Gasteiger partial charge in [0.15, 0.2) is 0 Å². The number of benzene rings is 2. The average molecular weight is 369 g/mol. The molecule has 0 aliphatic carbocycles. The largest absolute Gasteiger partial charge is 0.466 e. The molecule has 1 aliphatic heterocycles. The van der Waals surface area contributed by atoms with Gasteiger partial charge in [0.05, 0.1) is 24.2 Å². The summed E-state index contributed by atoms with van der Waals surface area (Å²) in [6.07, 6.45) is 0.760. The first kappa shape index (κ1) is 18.2. The third-order valence-corrected chi connectivity index (χ3v) is 5.00. The lowest BCUT2D eigenvalue weighted by Crippen LogP contribution is -2.31. The maximum Gasteiger partial charge on any atom is 0.306 e. The van der Waals surface area contributed by atoms with Crippen molar-refractivity contribution in [1.29, 1.82) is 0 Å². The fraction of sp³-hybridized carbons (Fsp3) is 0.250. The minimum Gasteiger partial charge on any atom is -0.466 e. The van der Waals surface area contributed by atoms with Crippen LogP contribution in [0, 0.1) is 0 Å². The van der Waals surface area contributed by atoms with Gasteiger partial charge in [-0.3, -0.25) is 19.3 Å². The van der Waals surface area contributed by atoms with Crippen molar-refractivity contribution in [2.75, 3.05) is 18.9 Å². The Morgan fingerprint density at radius 3 is 2.19 bits per heavy atom. The van der Waals surface area contributed by atoms with E-state index in [1.807, 2.05) is 30.3 Å². The smallest absolute Gasteiger partial charge is 0.306 e. The van der Waals surface area contributed by atoms with Crippen molar-refractivity contribution in [2.24, 2.45) is 0 Å². The number of esters is 1. The molecule has 0 atom stereocenters. The summed E-state index contributed by atoms with van der Waals surface area (Å²) in [5, 5.41) is 0. The molecule has 5 nitrogen and oxygen atoms in total. The first-order chi connectivity index (χ1) is 12.7. The van der Waals surface area contributed by atoms with Crippen LogP contribution in [0.4, 0.5) is 0 Å². The van der Waals surface area contributed by atoms with E-state index >= 15 is 0 Å². The fourth-order valence-electron chi connectivity index (χ4n) is 2.69. The molecule has 1 aliphatic rings. The lowest BCUT2D eigenvalue weighted by atomic mass is 10.1. The van der Waals surface area contributed by atoms with Gasteiger partial charge in [0.25, 0.3) is 11.8 Å². The molecule has 2 aromatic carbocycles. The molecule has 2 aromatic rings. The van der Waals surface area contributed by atoms with Gasteiger partial charge in [0.1, 0.15) is 0 Å². The van der Waals surface area contributed by atoms with Crippen LogP contribution in [-0.2, 0) is 9.53 Å². The zero-order valence-electron chi connectivity index (χ0n) is 14.2. The maximum atomic E-state index is 12.2. The number of hydrogen-bond donors (Lipinski definition) is 0. The number of rotatable bonds is 8. The van der Waals surface area contributed by atoms with Crippen molar-refractivity contribution < 1.29 is 19.1 Å². The molecule has 0 aromatic heterocycles. The molecule has 1 heterocycles. The van der Waals surface area contributed by atoms with Crippen LogP contribution in [0.3, 0.4) is 0 Å². The molecule has 0 unspecified atom stereocenters. The SMILES string of the molecule is O=C(CCSc1ccccc1)OCCCN1C(=O)c2ccccc2C1=O. The van der Waals surface area contributed by atoms with E-state index in [1.165, 1.54) is 4.90 Å². The molecule has 2 amide bonds. The van der Waals surface area contributed by atoms with E-state index < -0.39 is 0 Å². The van der Waals surface area contributed by atoms with Gasteiger partial charge < -0.3 is 4.74 Å². The summed E-state index contributed by atoms with van der Waals surface area (Å²) >= 11 is 1.60. The average Bonchev–Trinajstić information content (AvgIpc) is 2.91. The lowest BCUT2D eigenvalue weighted by molar-refractivity contribution is -0.143. The summed E-state index contributed by atoms with van der Waals surface area (Å²) in [7, 11) is 0. The number of imide groups is 1. The fourth-order valence-corrected chi connectivity index (χ4v) is 3.55. The van der Waals surface area contributed by atoms with Gasteiger partial charge in [-0.1, -0.05) is 30.3 Å². The third-order valence-electron chi connectivity index (χ3n) is 3.99. The second-order valence-corrected chi connectivity index (χ2v) is 6.96. The zero-order valence-corrected chi connectivity index (χ0v) is 15.0. The highest BCUT2D eigenvalue weighted by Crippen LogP contribution is 2.22. The molecule has 26 heavy (non-hydrogen) atoms. The Balaban J connectivity index is 1.35. The second kappa shape index (κ2) is 8.67. The van der Waals surface area contributed by atoms with Crippen LogP contribution in [-0.4, -0.2) is 41.6 Å². The maximum absolute atomic E-state index is 12.2. The summed E-state index contributed by atoms with van der Waals surface area (Å²) in [6.45, 7) is 0.445. The summed E-state index contributed by atoms with van der Waals surface area (Å²) in [4.78, 5) is 38.5. The zero-order chi connectivity index (χ0) is 18.4. The molecule has 0 saturated heterocycles. The monoisotopic (exact) mass is 369 g/mol. The Bertz CT molecular complexity index is 771. The molecule has 134 valence electrons. The molecule has 0 N–H and O–H groups in total. The Kier molecular flexibility index (Phi) is 6.07. The minimum absolute atomic E-state index is 0.197. The molecule has 0 radical (unpaired) electrons. The van der Waals surface area contributed by atoms with E-state index in [4.69, 9.17) is 4.74 Å².